The van der Waals surface area contributed by atoms with E-state index in [0.717, 1.165) is 25.3 Å². The molecule has 21 heavy (non-hydrogen) atoms. The second kappa shape index (κ2) is 6.48. The molecule has 0 saturated carbocycles. The van der Waals surface area contributed by atoms with Crippen LogP contribution in [0.15, 0.2) is 24.3 Å². The van der Waals surface area contributed by atoms with Crippen LogP contribution in [0.2, 0.25) is 0 Å². The first-order valence-corrected chi connectivity index (χ1v) is 7.59. The molecule has 1 aliphatic heterocycles. The van der Waals surface area contributed by atoms with E-state index in [0.29, 0.717) is 13.0 Å². The molecule has 1 aromatic rings. The first-order chi connectivity index (χ1) is 9.97. The lowest BCUT2D eigenvalue weighted by molar-refractivity contribution is -0.130. The number of hydrogen-bond acceptors (Lipinski definition) is 3. The van der Waals surface area contributed by atoms with Crippen LogP contribution in [0.1, 0.15) is 38.2 Å². The molecule has 1 aliphatic rings. The van der Waals surface area contributed by atoms with Gasteiger partial charge in [0.25, 0.3) is 0 Å². The lowest BCUT2D eigenvalue weighted by Crippen LogP contribution is -2.34. The maximum atomic E-state index is 12.4. The molecule has 0 bridgehead atoms. The first kappa shape index (κ1) is 15.8. The molecule has 0 aliphatic carbocycles. The van der Waals surface area contributed by atoms with E-state index in [1.54, 1.807) is 7.11 Å². The number of amides is 1. The van der Waals surface area contributed by atoms with Gasteiger partial charge in [-0.15, -0.1) is 0 Å². The Labute approximate surface area is 127 Å². The zero-order valence-electron chi connectivity index (χ0n) is 13.3. The van der Waals surface area contributed by atoms with Gasteiger partial charge in [0.2, 0.25) is 5.91 Å². The van der Waals surface area contributed by atoms with Crippen LogP contribution >= 0.6 is 0 Å². The highest BCUT2D eigenvalue weighted by Gasteiger charge is 2.35. The number of nitrogens with zero attached hydrogens (tertiary/aromatic N) is 1. The van der Waals surface area contributed by atoms with E-state index in [9.17, 15) is 4.79 Å². The van der Waals surface area contributed by atoms with Crippen molar-refractivity contribution in [3.8, 4) is 5.75 Å². The van der Waals surface area contributed by atoms with Gasteiger partial charge in [0.05, 0.1) is 7.11 Å². The third-order valence-corrected chi connectivity index (χ3v) is 4.57. The van der Waals surface area contributed by atoms with Crippen LogP contribution in [0.25, 0.3) is 0 Å². The van der Waals surface area contributed by atoms with Crippen LogP contribution in [0.4, 0.5) is 0 Å². The highest BCUT2D eigenvalue weighted by atomic mass is 16.5. The molecular weight excluding hydrogens is 264 g/mol. The standard InChI is InChI=1S/C17H26N2O2/c1-13(14-4-6-15(21-3)7-5-14)10-16(20)19-9-8-17(2,11-18)12-19/h4-7,13H,8-12,18H2,1-3H3. The zero-order valence-corrected chi connectivity index (χ0v) is 13.3. The maximum absolute atomic E-state index is 12.4. The summed E-state index contributed by atoms with van der Waals surface area (Å²) in [6.45, 7) is 6.52. The van der Waals surface area contributed by atoms with Gasteiger partial charge in [0.15, 0.2) is 0 Å². The number of rotatable bonds is 5. The number of carbonyl (C=O) groups excluding carboxylic acids is 1. The number of hydrogen-bond donors (Lipinski definition) is 1. The summed E-state index contributed by atoms with van der Waals surface area (Å²) in [5.74, 6) is 1.29. The number of likely N-dealkylation sites (tertiary alicyclic amines) is 1. The van der Waals surface area contributed by atoms with Gasteiger partial charge in [-0.2, -0.15) is 0 Å². The van der Waals surface area contributed by atoms with Crippen molar-refractivity contribution >= 4 is 5.91 Å². The highest BCUT2D eigenvalue weighted by Crippen LogP contribution is 2.30. The number of methoxy groups -OCH3 is 1. The van der Waals surface area contributed by atoms with Crippen LogP contribution in [-0.4, -0.2) is 37.6 Å². The summed E-state index contributed by atoms with van der Waals surface area (Å²) in [5.41, 5.74) is 7.07. The summed E-state index contributed by atoms with van der Waals surface area (Å²) in [5, 5.41) is 0. The molecule has 1 amide bonds. The predicted octanol–water partition coefficient (Wildman–Crippen LogP) is 2.39. The van der Waals surface area contributed by atoms with E-state index in [1.165, 1.54) is 5.56 Å². The molecule has 1 heterocycles. The molecular formula is C17H26N2O2. The highest BCUT2D eigenvalue weighted by molar-refractivity contribution is 5.77. The molecule has 2 rings (SSSR count). The molecule has 4 heteroatoms. The van der Waals surface area contributed by atoms with Gasteiger partial charge in [0.1, 0.15) is 5.75 Å². The van der Waals surface area contributed by atoms with Gasteiger partial charge in [-0.1, -0.05) is 26.0 Å². The maximum Gasteiger partial charge on any atom is 0.223 e. The van der Waals surface area contributed by atoms with Crippen molar-refractivity contribution in [2.75, 3.05) is 26.7 Å². The van der Waals surface area contributed by atoms with Crippen LogP contribution in [0.5, 0.6) is 5.75 Å². The normalized spacial score (nSPS) is 23.1. The van der Waals surface area contributed by atoms with Gasteiger partial charge < -0.3 is 15.4 Å². The number of ether oxygens (including phenoxy) is 1. The van der Waals surface area contributed by atoms with Crippen molar-refractivity contribution in [2.24, 2.45) is 11.1 Å². The largest absolute Gasteiger partial charge is 0.497 e. The minimum absolute atomic E-state index is 0.0962. The molecule has 0 radical (unpaired) electrons. The molecule has 1 saturated heterocycles. The monoisotopic (exact) mass is 290 g/mol. The average Bonchev–Trinajstić information content (AvgIpc) is 2.90. The molecule has 1 fully saturated rings. The van der Waals surface area contributed by atoms with Crippen molar-refractivity contribution in [2.45, 2.75) is 32.6 Å². The summed E-state index contributed by atoms with van der Waals surface area (Å²) < 4.78 is 5.16. The topological polar surface area (TPSA) is 55.6 Å². The van der Waals surface area contributed by atoms with Crippen molar-refractivity contribution < 1.29 is 9.53 Å². The second-order valence-corrected chi connectivity index (χ2v) is 6.46. The molecule has 2 N–H and O–H groups in total. The molecule has 1 aromatic carbocycles. The van der Waals surface area contributed by atoms with Crippen molar-refractivity contribution in [3.05, 3.63) is 29.8 Å². The Balaban J connectivity index is 1.93. The van der Waals surface area contributed by atoms with Crippen molar-refractivity contribution in [1.82, 2.24) is 4.90 Å². The zero-order chi connectivity index (χ0) is 15.5. The van der Waals surface area contributed by atoms with Crippen LogP contribution < -0.4 is 10.5 Å². The number of benzene rings is 1. The third kappa shape index (κ3) is 3.76. The average molecular weight is 290 g/mol. The summed E-state index contributed by atoms with van der Waals surface area (Å²) >= 11 is 0. The van der Waals surface area contributed by atoms with E-state index in [1.807, 2.05) is 29.2 Å². The quantitative estimate of drug-likeness (QED) is 0.906. The first-order valence-electron chi connectivity index (χ1n) is 7.59. The minimum atomic E-state index is 0.0962. The molecule has 4 nitrogen and oxygen atoms in total. The summed E-state index contributed by atoms with van der Waals surface area (Å²) in [6, 6.07) is 7.95. The van der Waals surface area contributed by atoms with Gasteiger partial charge in [0, 0.05) is 19.5 Å². The minimum Gasteiger partial charge on any atom is -0.497 e. The molecule has 0 spiro atoms. The smallest absolute Gasteiger partial charge is 0.223 e. The van der Waals surface area contributed by atoms with Crippen LogP contribution in [0.3, 0.4) is 0 Å². The molecule has 2 atom stereocenters. The van der Waals surface area contributed by atoms with E-state index in [2.05, 4.69) is 13.8 Å². The SMILES string of the molecule is COc1ccc(C(C)CC(=O)N2CCC(C)(CN)C2)cc1. The van der Waals surface area contributed by atoms with Gasteiger partial charge >= 0.3 is 0 Å². The summed E-state index contributed by atoms with van der Waals surface area (Å²) in [7, 11) is 1.66. The van der Waals surface area contributed by atoms with Crippen molar-refractivity contribution in [1.29, 1.82) is 0 Å². The predicted molar refractivity (Wildman–Crippen MR) is 84.4 cm³/mol. The Morgan fingerprint density at radius 2 is 2.10 bits per heavy atom. The van der Waals surface area contributed by atoms with E-state index >= 15 is 0 Å². The molecule has 2 unspecified atom stereocenters. The number of nitrogens with two attached hydrogens (primary N) is 1. The fourth-order valence-electron chi connectivity index (χ4n) is 2.84. The van der Waals surface area contributed by atoms with Crippen molar-refractivity contribution in [3.63, 3.8) is 0 Å². The van der Waals surface area contributed by atoms with Crippen LogP contribution in [0, 0.1) is 5.41 Å². The van der Waals surface area contributed by atoms with E-state index in [-0.39, 0.29) is 17.2 Å². The fourth-order valence-corrected chi connectivity index (χ4v) is 2.84. The van der Waals surface area contributed by atoms with E-state index in [4.69, 9.17) is 10.5 Å². The Morgan fingerprint density at radius 3 is 2.62 bits per heavy atom. The van der Waals surface area contributed by atoms with Gasteiger partial charge in [-0.3, -0.25) is 4.79 Å². The van der Waals surface area contributed by atoms with Gasteiger partial charge in [-0.25, -0.2) is 0 Å². The van der Waals surface area contributed by atoms with E-state index < -0.39 is 0 Å². The Morgan fingerprint density at radius 1 is 1.43 bits per heavy atom. The number of carbonyl (C=O) groups is 1. The summed E-state index contributed by atoms with van der Waals surface area (Å²) in [4.78, 5) is 14.4. The Kier molecular flexibility index (Phi) is 4.88. The lowest BCUT2D eigenvalue weighted by Gasteiger charge is -2.23. The molecule has 116 valence electrons. The molecule has 0 aromatic heterocycles. The second-order valence-electron chi connectivity index (χ2n) is 6.46. The lowest BCUT2D eigenvalue weighted by atomic mass is 9.90. The summed E-state index contributed by atoms with van der Waals surface area (Å²) in [6.07, 6.45) is 1.55. The van der Waals surface area contributed by atoms with Gasteiger partial charge in [-0.05, 0) is 42.0 Å². The van der Waals surface area contributed by atoms with Crippen LogP contribution in [-0.2, 0) is 4.79 Å². The Hall–Kier alpha value is -1.55. The fraction of sp³-hybridized carbons (Fsp3) is 0.588. The third-order valence-electron chi connectivity index (χ3n) is 4.57. The Bertz CT molecular complexity index is 486.